The van der Waals surface area contributed by atoms with Gasteiger partial charge >= 0.3 is 5.97 Å². The second kappa shape index (κ2) is 5.51. The number of halogens is 1. The molecule has 0 bridgehead atoms. The Morgan fingerprint density at radius 3 is 1.92 bits per heavy atom. The summed E-state index contributed by atoms with van der Waals surface area (Å²) in [7, 11) is 0. The molecule has 0 aromatic carbocycles. The summed E-state index contributed by atoms with van der Waals surface area (Å²) in [6, 6.07) is 0. The number of aliphatic carboxylic acids is 1. The number of rotatable bonds is 5. The number of hydrogen-bond acceptors (Lipinski definition) is 5. The number of carbonyl (C=O) groups is 1. The largest absolute Gasteiger partial charge is 0.479 e. The SMILES string of the molecule is O=C(O)[C@@H](O)[C@H](O)[C@H](O)[C@@H](O)CBr. The summed E-state index contributed by atoms with van der Waals surface area (Å²) in [5, 5.41) is 44.0. The van der Waals surface area contributed by atoms with Crippen LogP contribution in [0.15, 0.2) is 0 Å². The van der Waals surface area contributed by atoms with E-state index in [1.165, 1.54) is 0 Å². The van der Waals surface area contributed by atoms with Crippen LogP contribution in [0.2, 0.25) is 0 Å². The third-order valence-corrected chi connectivity index (χ3v) is 2.14. The number of hydrogen-bond donors (Lipinski definition) is 5. The lowest BCUT2D eigenvalue weighted by atomic mass is 10.0. The monoisotopic (exact) mass is 258 g/mol. The van der Waals surface area contributed by atoms with E-state index in [1.807, 2.05) is 0 Å². The van der Waals surface area contributed by atoms with Crippen molar-refractivity contribution in [3.63, 3.8) is 0 Å². The van der Waals surface area contributed by atoms with Gasteiger partial charge in [-0.15, -0.1) is 0 Å². The van der Waals surface area contributed by atoms with E-state index in [2.05, 4.69) is 15.9 Å². The maximum atomic E-state index is 10.1. The average Bonchev–Trinajstić information content (AvgIpc) is 2.12. The normalized spacial score (nSPS) is 20.4. The maximum absolute atomic E-state index is 10.1. The molecule has 0 aromatic rings. The molecule has 5 N–H and O–H groups in total. The van der Waals surface area contributed by atoms with Gasteiger partial charge in [-0.05, 0) is 0 Å². The average molecular weight is 259 g/mol. The van der Waals surface area contributed by atoms with Crippen LogP contribution in [0, 0.1) is 0 Å². The van der Waals surface area contributed by atoms with Gasteiger partial charge in [0.2, 0.25) is 0 Å². The van der Waals surface area contributed by atoms with E-state index in [1.54, 1.807) is 0 Å². The first-order valence-corrected chi connectivity index (χ1v) is 4.55. The van der Waals surface area contributed by atoms with Crippen molar-refractivity contribution in [2.24, 2.45) is 0 Å². The molecule has 0 fully saturated rings. The molecule has 0 aliphatic heterocycles. The molecule has 78 valence electrons. The molecule has 0 aliphatic carbocycles. The van der Waals surface area contributed by atoms with Crippen molar-refractivity contribution in [1.29, 1.82) is 0 Å². The van der Waals surface area contributed by atoms with E-state index in [4.69, 9.17) is 25.5 Å². The minimum atomic E-state index is -2.11. The Bertz CT molecular complexity index is 175. The lowest BCUT2D eigenvalue weighted by Crippen LogP contribution is -2.48. The highest BCUT2D eigenvalue weighted by atomic mass is 79.9. The van der Waals surface area contributed by atoms with Gasteiger partial charge in [-0.2, -0.15) is 0 Å². The van der Waals surface area contributed by atoms with Gasteiger partial charge < -0.3 is 25.5 Å². The second-order valence-corrected chi connectivity index (χ2v) is 3.13. The number of carboxylic acids is 1. The molecule has 0 amide bonds. The Morgan fingerprint density at radius 1 is 1.15 bits per heavy atom. The van der Waals surface area contributed by atoms with Gasteiger partial charge in [0.15, 0.2) is 6.10 Å². The predicted octanol–water partition coefficient (Wildman–Crippen LogP) is -2.09. The molecule has 0 saturated heterocycles. The van der Waals surface area contributed by atoms with E-state index in [0.29, 0.717) is 0 Å². The summed E-state index contributed by atoms with van der Waals surface area (Å²) in [6.07, 6.45) is -7.05. The van der Waals surface area contributed by atoms with Gasteiger partial charge in [0, 0.05) is 5.33 Å². The number of aliphatic hydroxyl groups excluding tert-OH is 4. The van der Waals surface area contributed by atoms with Crippen molar-refractivity contribution in [2.45, 2.75) is 24.4 Å². The standard InChI is InChI=1S/C6H11BrO6/c7-1-2(8)3(9)4(10)5(11)6(12)13/h2-5,8-11H,1H2,(H,12,13)/t2-,3+,4+,5-/m0/s1. The summed E-state index contributed by atoms with van der Waals surface area (Å²) < 4.78 is 0. The van der Waals surface area contributed by atoms with Gasteiger partial charge in [-0.25, -0.2) is 4.79 Å². The number of aliphatic hydroxyl groups is 4. The van der Waals surface area contributed by atoms with Gasteiger partial charge in [-0.1, -0.05) is 15.9 Å². The third kappa shape index (κ3) is 3.57. The molecular weight excluding hydrogens is 248 g/mol. The van der Waals surface area contributed by atoms with Crippen LogP contribution in [0.1, 0.15) is 0 Å². The highest BCUT2D eigenvalue weighted by Crippen LogP contribution is 2.07. The maximum Gasteiger partial charge on any atom is 0.335 e. The van der Waals surface area contributed by atoms with Crippen molar-refractivity contribution < 1.29 is 30.3 Å². The van der Waals surface area contributed by atoms with E-state index in [0.717, 1.165) is 0 Å². The first-order valence-electron chi connectivity index (χ1n) is 3.42. The van der Waals surface area contributed by atoms with Gasteiger partial charge in [0.05, 0.1) is 6.10 Å². The summed E-state index contributed by atoms with van der Waals surface area (Å²) in [4.78, 5) is 10.1. The first kappa shape index (κ1) is 12.8. The first-order chi connectivity index (χ1) is 5.91. The molecule has 0 spiro atoms. The zero-order valence-electron chi connectivity index (χ0n) is 6.54. The van der Waals surface area contributed by atoms with Crippen molar-refractivity contribution in [2.75, 3.05) is 5.33 Å². The molecule has 6 nitrogen and oxygen atoms in total. The zero-order chi connectivity index (χ0) is 10.6. The molecule has 0 unspecified atom stereocenters. The molecule has 0 rings (SSSR count). The Hall–Kier alpha value is -0.210. The van der Waals surface area contributed by atoms with Crippen LogP contribution >= 0.6 is 15.9 Å². The van der Waals surface area contributed by atoms with Gasteiger partial charge in [0.1, 0.15) is 12.2 Å². The fraction of sp³-hybridized carbons (Fsp3) is 0.833. The van der Waals surface area contributed by atoms with Crippen LogP contribution in [-0.4, -0.2) is 61.2 Å². The highest BCUT2D eigenvalue weighted by Gasteiger charge is 2.33. The van der Waals surface area contributed by atoms with E-state index in [9.17, 15) is 4.79 Å². The lowest BCUT2D eigenvalue weighted by molar-refractivity contribution is -0.161. The van der Waals surface area contributed by atoms with Crippen molar-refractivity contribution in [3.05, 3.63) is 0 Å². The quantitative estimate of drug-likeness (QED) is 0.361. The predicted molar refractivity (Wildman–Crippen MR) is 45.5 cm³/mol. The third-order valence-electron chi connectivity index (χ3n) is 1.48. The molecule has 0 radical (unpaired) electrons. The van der Waals surface area contributed by atoms with E-state index < -0.39 is 30.4 Å². The van der Waals surface area contributed by atoms with Crippen LogP contribution in [0.25, 0.3) is 0 Å². The minimum absolute atomic E-state index is 0.0302. The fourth-order valence-electron chi connectivity index (χ4n) is 0.652. The summed E-state index contributed by atoms with van der Waals surface area (Å²) >= 11 is 2.82. The Kier molecular flexibility index (Phi) is 5.42. The molecule has 0 heterocycles. The van der Waals surface area contributed by atoms with Crippen molar-refractivity contribution in [1.82, 2.24) is 0 Å². The summed E-state index contributed by atoms with van der Waals surface area (Å²) in [5.74, 6) is -1.66. The Morgan fingerprint density at radius 2 is 1.62 bits per heavy atom. The molecule has 4 atom stereocenters. The number of alkyl halides is 1. The Labute approximate surface area is 82.6 Å². The van der Waals surface area contributed by atoms with Crippen LogP contribution in [0.5, 0.6) is 0 Å². The second-order valence-electron chi connectivity index (χ2n) is 2.49. The molecule has 0 aromatic heterocycles. The Balaban J connectivity index is 4.24. The minimum Gasteiger partial charge on any atom is -0.479 e. The van der Waals surface area contributed by atoms with E-state index in [-0.39, 0.29) is 5.33 Å². The molecule has 0 aliphatic rings. The molecule has 0 saturated carbocycles. The zero-order valence-corrected chi connectivity index (χ0v) is 8.12. The van der Waals surface area contributed by atoms with Crippen LogP contribution in [-0.2, 0) is 4.79 Å². The molecule has 13 heavy (non-hydrogen) atoms. The summed E-state index contributed by atoms with van der Waals surface area (Å²) in [6.45, 7) is 0. The van der Waals surface area contributed by atoms with Crippen LogP contribution in [0.4, 0.5) is 0 Å². The fourth-order valence-corrected chi connectivity index (χ4v) is 1.03. The van der Waals surface area contributed by atoms with Crippen LogP contribution < -0.4 is 0 Å². The van der Waals surface area contributed by atoms with Crippen LogP contribution in [0.3, 0.4) is 0 Å². The van der Waals surface area contributed by atoms with Gasteiger partial charge in [0.25, 0.3) is 0 Å². The topological polar surface area (TPSA) is 118 Å². The van der Waals surface area contributed by atoms with Crippen molar-refractivity contribution >= 4 is 21.9 Å². The smallest absolute Gasteiger partial charge is 0.335 e. The van der Waals surface area contributed by atoms with E-state index >= 15 is 0 Å². The molecule has 7 heteroatoms. The van der Waals surface area contributed by atoms with Gasteiger partial charge in [-0.3, -0.25) is 0 Å². The highest BCUT2D eigenvalue weighted by molar-refractivity contribution is 9.09. The van der Waals surface area contributed by atoms with Crippen molar-refractivity contribution in [3.8, 4) is 0 Å². The lowest BCUT2D eigenvalue weighted by Gasteiger charge is -2.23. The summed E-state index contributed by atoms with van der Waals surface area (Å²) in [5.41, 5.74) is 0. The molecular formula is C6H11BrO6. The number of carboxylic acid groups (broad SMARTS) is 1.